The molecule has 1 unspecified atom stereocenters. The summed E-state index contributed by atoms with van der Waals surface area (Å²) in [5.74, 6) is 1.17. The molecule has 0 fully saturated rings. The first-order chi connectivity index (χ1) is 8.72. The molecule has 0 spiro atoms. The highest BCUT2D eigenvalue weighted by atomic mass is 79.9. The third kappa shape index (κ3) is 3.14. The average molecular weight is 311 g/mol. The van der Waals surface area contributed by atoms with Crippen LogP contribution in [0, 0.1) is 0 Å². The van der Waals surface area contributed by atoms with E-state index in [2.05, 4.69) is 43.3 Å². The SMILES string of the molecule is CCC(Cc1nc(-c2ccc(Br)cn2)no1)NC. The van der Waals surface area contributed by atoms with Crippen LogP contribution in [0.25, 0.3) is 11.5 Å². The smallest absolute Gasteiger partial charge is 0.228 e. The van der Waals surface area contributed by atoms with Crippen LogP contribution in [0.2, 0.25) is 0 Å². The highest BCUT2D eigenvalue weighted by Gasteiger charge is 2.13. The molecule has 0 saturated heterocycles. The molecule has 0 aliphatic carbocycles. The number of likely N-dealkylation sites (N-methyl/N-ethyl adjacent to an activating group) is 1. The van der Waals surface area contributed by atoms with Crippen molar-refractivity contribution in [2.75, 3.05) is 7.05 Å². The molecule has 0 aromatic carbocycles. The standard InChI is InChI=1S/C12H15BrN4O/c1-3-9(14-2)6-11-16-12(17-18-11)10-5-4-8(13)7-15-10/h4-5,7,9,14H,3,6H2,1-2H3. The molecule has 0 radical (unpaired) electrons. The third-order valence-electron chi connectivity index (χ3n) is 2.75. The average Bonchev–Trinajstić information content (AvgIpc) is 2.85. The van der Waals surface area contributed by atoms with Crippen LogP contribution in [0.4, 0.5) is 0 Å². The summed E-state index contributed by atoms with van der Waals surface area (Å²) in [5.41, 5.74) is 0.714. The number of hydrogen-bond acceptors (Lipinski definition) is 5. The Morgan fingerprint density at radius 3 is 2.89 bits per heavy atom. The molecule has 5 nitrogen and oxygen atoms in total. The van der Waals surface area contributed by atoms with Crippen molar-refractivity contribution in [3.63, 3.8) is 0 Å². The number of nitrogens with one attached hydrogen (secondary N) is 1. The zero-order valence-corrected chi connectivity index (χ0v) is 11.9. The Labute approximate surface area is 114 Å². The van der Waals surface area contributed by atoms with Crippen molar-refractivity contribution in [3.8, 4) is 11.5 Å². The lowest BCUT2D eigenvalue weighted by Crippen LogP contribution is -2.26. The van der Waals surface area contributed by atoms with Gasteiger partial charge in [0.2, 0.25) is 11.7 Å². The lowest BCUT2D eigenvalue weighted by Gasteiger charge is -2.09. The van der Waals surface area contributed by atoms with Crippen LogP contribution in [0.1, 0.15) is 19.2 Å². The van der Waals surface area contributed by atoms with Gasteiger partial charge in [-0.1, -0.05) is 12.1 Å². The molecule has 1 N–H and O–H groups in total. The van der Waals surface area contributed by atoms with Gasteiger partial charge in [-0.25, -0.2) is 0 Å². The summed E-state index contributed by atoms with van der Waals surface area (Å²) in [4.78, 5) is 8.58. The van der Waals surface area contributed by atoms with Crippen molar-refractivity contribution in [1.82, 2.24) is 20.4 Å². The van der Waals surface area contributed by atoms with Crippen LogP contribution < -0.4 is 5.32 Å². The van der Waals surface area contributed by atoms with E-state index >= 15 is 0 Å². The molecule has 0 bridgehead atoms. The molecule has 2 aromatic heterocycles. The van der Waals surface area contributed by atoms with Gasteiger partial charge in [-0.3, -0.25) is 4.98 Å². The van der Waals surface area contributed by atoms with E-state index in [9.17, 15) is 0 Å². The van der Waals surface area contributed by atoms with E-state index in [0.717, 1.165) is 17.3 Å². The molecule has 96 valence electrons. The largest absolute Gasteiger partial charge is 0.339 e. The first-order valence-corrected chi connectivity index (χ1v) is 6.64. The van der Waals surface area contributed by atoms with Crippen LogP contribution in [-0.4, -0.2) is 28.2 Å². The van der Waals surface area contributed by atoms with Gasteiger partial charge in [0.1, 0.15) is 5.69 Å². The van der Waals surface area contributed by atoms with E-state index in [1.165, 1.54) is 0 Å². The fourth-order valence-corrected chi connectivity index (χ4v) is 1.85. The molecule has 2 aromatic rings. The number of rotatable bonds is 5. The van der Waals surface area contributed by atoms with Gasteiger partial charge in [0.05, 0.1) is 0 Å². The van der Waals surface area contributed by atoms with Crippen molar-refractivity contribution < 1.29 is 4.52 Å². The monoisotopic (exact) mass is 310 g/mol. The van der Waals surface area contributed by atoms with E-state index in [4.69, 9.17) is 4.52 Å². The Hall–Kier alpha value is -1.27. The van der Waals surface area contributed by atoms with Crippen LogP contribution in [0.15, 0.2) is 27.3 Å². The Morgan fingerprint density at radius 2 is 2.28 bits per heavy atom. The van der Waals surface area contributed by atoms with E-state index in [-0.39, 0.29) is 0 Å². The van der Waals surface area contributed by atoms with Crippen LogP contribution >= 0.6 is 15.9 Å². The summed E-state index contributed by atoms with van der Waals surface area (Å²) < 4.78 is 6.16. The molecular formula is C12H15BrN4O. The second-order valence-corrected chi connectivity index (χ2v) is 4.89. The highest BCUT2D eigenvalue weighted by Crippen LogP contribution is 2.16. The van der Waals surface area contributed by atoms with Gasteiger partial charge in [-0.15, -0.1) is 0 Å². The third-order valence-corrected chi connectivity index (χ3v) is 3.22. The van der Waals surface area contributed by atoms with E-state index in [1.54, 1.807) is 6.20 Å². The number of hydrogen-bond donors (Lipinski definition) is 1. The van der Waals surface area contributed by atoms with Gasteiger partial charge in [0, 0.05) is 23.1 Å². The second kappa shape index (κ2) is 6.06. The van der Waals surface area contributed by atoms with E-state index in [1.807, 2.05) is 19.2 Å². The minimum absolute atomic E-state index is 0.358. The maximum Gasteiger partial charge on any atom is 0.228 e. The molecule has 6 heteroatoms. The number of aromatic nitrogens is 3. The zero-order chi connectivity index (χ0) is 13.0. The maximum absolute atomic E-state index is 5.23. The molecule has 0 saturated carbocycles. The predicted molar refractivity (Wildman–Crippen MR) is 72.1 cm³/mol. The molecule has 0 amide bonds. The van der Waals surface area contributed by atoms with Crippen molar-refractivity contribution in [2.24, 2.45) is 0 Å². The van der Waals surface area contributed by atoms with Gasteiger partial charge >= 0.3 is 0 Å². The van der Waals surface area contributed by atoms with Crippen molar-refractivity contribution >= 4 is 15.9 Å². The van der Waals surface area contributed by atoms with Gasteiger partial charge in [0.15, 0.2) is 0 Å². The highest BCUT2D eigenvalue weighted by molar-refractivity contribution is 9.10. The Bertz CT molecular complexity index is 493. The number of nitrogens with zero attached hydrogens (tertiary/aromatic N) is 3. The minimum atomic E-state index is 0.358. The molecular weight excluding hydrogens is 296 g/mol. The Morgan fingerprint density at radius 1 is 1.44 bits per heavy atom. The first kappa shape index (κ1) is 13.2. The Kier molecular flexibility index (Phi) is 4.43. The van der Waals surface area contributed by atoms with Gasteiger partial charge in [-0.05, 0) is 41.5 Å². The summed E-state index contributed by atoms with van der Waals surface area (Å²) in [6.07, 6.45) is 3.47. The molecule has 18 heavy (non-hydrogen) atoms. The van der Waals surface area contributed by atoms with Crippen LogP contribution in [-0.2, 0) is 6.42 Å². The Balaban J connectivity index is 2.12. The van der Waals surface area contributed by atoms with E-state index in [0.29, 0.717) is 23.5 Å². The maximum atomic E-state index is 5.23. The summed E-state index contributed by atoms with van der Waals surface area (Å²) in [6, 6.07) is 4.12. The van der Waals surface area contributed by atoms with Gasteiger partial charge in [-0.2, -0.15) is 4.98 Å². The molecule has 2 rings (SSSR count). The van der Waals surface area contributed by atoms with Crippen LogP contribution in [0.3, 0.4) is 0 Å². The van der Waals surface area contributed by atoms with Crippen molar-refractivity contribution in [3.05, 3.63) is 28.7 Å². The fourth-order valence-electron chi connectivity index (χ4n) is 1.61. The molecule has 1 atom stereocenters. The lowest BCUT2D eigenvalue weighted by atomic mass is 10.1. The van der Waals surface area contributed by atoms with Crippen molar-refractivity contribution in [1.29, 1.82) is 0 Å². The molecule has 0 aliphatic rings. The first-order valence-electron chi connectivity index (χ1n) is 5.84. The second-order valence-electron chi connectivity index (χ2n) is 3.97. The van der Waals surface area contributed by atoms with Crippen LogP contribution in [0.5, 0.6) is 0 Å². The predicted octanol–water partition coefficient (Wildman–Crippen LogP) is 2.43. The zero-order valence-electron chi connectivity index (χ0n) is 10.4. The summed E-state index contributed by atoms with van der Waals surface area (Å²) in [6.45, 7) is 2.12. The lowest BCUT2D eigenvalue weighted by molar-refractivity contribution is 0.359. The van der Waals surface area contributed by atoms with Gasteiger partial charge < -0.3 is 9.84 Å². The van der Waals surface area contributed by atoms with Crippen molar-refractivity contribution in [2.45, 2.75) is 25.8 Å². The number of halogens is 1. The summed E-state index contributed by atoms with van der Waals surface area (Å²) in [5, 5.41) is 7.15. The minimum Gasteiger partial charge on any atom is -0.339 e. The summed E-state index contributed by atoms with van der Waals surface area (Å²) in [7, 11) is 1.93. The normalized spacial score (nSPS) is 12.6. The van der Waals surface area contributed by atoms with Gasteiger partial charge in [0.25, 0.3) is 0 Å². The topological polar surface area (TPSA) is 63.8 Å². The quantitative estimate of drug-likeness (QED) is 0.919. The summed E-state index contributed by atoms with van der Waals surface area (Å²) >= 11 is 3.34. The number of pyridine rings is 1. The molecule has 2 heterocycles. The fraction of sp³-hybridized carbons (Fsp3) is 0.417. The molecule has 0 aliphatic heterocycles. The van der Waals surface area contributed by atoms with E-state index < -0.39 is 0 Å².